The van der Waals surface area contributed by atoms with Gasteiger partial charge in [-0.05, 0) is 70.3 Å². The maximum absolute atomic E-state index is 13.0. The SMILES string of the molecule is CCn1nc(C)c(CN2CCC(C(O)c3ccc(F)cc3)CC2)c1C. The minimum absolute atomic E-state index is 0.238. The first-order valence-corrected chi connectivity index (χ1v) is 9.18. The van der Waals surface area contributed by atoms with Crippen molar-refractivity contribution in [1.29, 1.82) is 0 Å². The molecule has 1 aromatic heterocycles. The third-order valence-electron chi connectivity index (χ3n) is 5.50. The first-order chi connectivity index (χ1) is 12.0. The molecule has 1 unspecified atom stereocenters. The van der Waals surface area contributed by atoms with Gasteiger partial charge in [0, 0.05) is 24.3 Å². The fourth-order valence-electron chi connectivity index (χ4n) is 3.85. The van der Waals surface area contributed by atoms with E-state index in [1.165, 1.54) is 23.4 Å². The van der Waals surface area contributed by atoms with Crippen molar-refractivity contribution in [3.05, 3.63) is 52.6 Å². The summed E-state index contributed by atoms with van der Waals surface area (Å²) >= 11 is 0. The number of benzene rings is 1. The lowest BCUT2D eigenvalue weighted by molar-refractivity contribution is 0.0566. The number of likely N-dealkylation sites (tertiary alicyclic amines) is 1. The third-order valence-corrected chi connectivity index (χ3v) is 5.50. The molecule has 136 valence electrons. The van der Waals surface area contributed by atoms with Crippen molar-refractivity contribution in [3.63, 3.8) is 0 Å². The van der Waals surface area contributed by atoms with Crippen LogP contribution < -0.4 is 0 Å². The summed E-state index contributed by atoms with van der Waals surface area (Å²) in [5.41, 5.74) is 4.52. The molecule has 0 amide bonds. The molecular formula is C20H28FN3O. The lowest BCUT2D eigenvalue weighted by atomic mass is 9.87. The largest absolute Gasteiger partial charge is 0.388 e. The average molecular weight is 345 g/mol. The lowest BCUT2D eigenvalue weighted by Gasteiger charge is -2.34. The van der Waals surface area contributed by atoms with E-state index in [2.05, 4.69) is 35.5 Å². The van der Waals surface area contributed by atoms with Gasteiger partial charge in [0.2, 0.25) is 0 Å². The number of hydrogen-bond acceptors (Lipinski definition) is 3. The van der Waals surface area contributed by atoms with E-state index in [4.69, 9.17) is 0 Å². The Kier molecular flexibility index (Phi) is 5.54. The predicted molar refractivity (Wildman–Crippen MR) is 96.7 cm³/mol. The van der Waals surface area contributed by atoms with Crippen molar-refractivity contribution in [3.8, 4) is 0 Å². The Balaban J connectivity index is 1.58. The Labute approximate surface area is 149 Å². The van der Waals surface area contributed by atoms with Gasteiger partial charge in [0.25, 0.3) is 0 Å². The van der Waals surface area contributed by atoms with E-state index in [9.17, 15) is 9.50 Å². The summed E-state index contributed by atoms with van der Waals surface area (Å²) in [5, 5.41) is 15.2. The van der Waals surface area contributed by atoms with Crippen LogP contribution in [0.4, 0.5) is 4.39 Å². The molecule has 2 heterocycles. The Bertz CT molecular complexity index is 702. The van der Waals surface area contributed by atoms with E-state index in [1.807, 2.05) is 0 Å². The smallest absolute Gasteiger partial charge is 0.123 e. The topological polar surface area (TPSA) is 41.3 Å². The number of rotatable bonds is 5. The Morgan fingerprint density at radius 2 is 1.84 bits per heavy atom. The van der Waals surface area contributed by atoms with Crippen LogP contribution in [0.15, 0.2) is 24.3 Å². The van der Waals surface area contributed by atoms with E-state index >= 15 is 0 Å². The van der Waals surface area contributed by atoms with E-state index in [-0.39, 0.29) is 11.7 Å². The molecule has 4 nitrogen and oxygen atoms in total. The molecule has 5 heteroatoms. The van der Waals surface area contributed by atoms with E-state index < -0.39 is 6.10 Å². The highest BCUT2D eigenvalue weighted by Gasteiger charge is 2.27. The molecular weight excluding hydrogens is 317 g/mol. The highest BCUT2D eigenvalue weighted by molar-refractivity contribution is 5.24. The number of nitrogens with zero attached hydrogens (tertiary/aromatic N) is 3. The average Bonchev–Trinajstić information content (AvgIpc) is 2.90. The summed E-state index contributed by atoms with van der Waals surface area (Å²) < 4.78 is 15.1. The minimum atomic E-state index is -0.505. The zero-order valence-corrected chi connectivity index (χ0v) is 15.4. The second kappa shape index (κ2) is 7.67. The van der Waals surface area contributed by atoms with Gasteiger partial charge in [0.15, 0.2) is 0 Å². The first kappa shape index (κ1) is 18.1. The van der Waals surface area contributed by atoms with E-state index in [0.29, 0.717) is 0 Å². The van der Waals surface area contributed by atoms with E-state index in [1.54, 1.807) is 12.1 Å². The maximum atomic E-state index is 13.0. The van der Waals surface area contributed by atoms with Crippen molar-refractivity contribution >= 4 is 0 Å². The molecule has 1 aliphatic heterocycles. The predicted octanol–water partition coefficient (Wildman–Crippen LogP) is 3.60. The van der Waals surface area contributed by atoms with Crippen molar-refractivity contribution in [2.45, 2.75) is 52.8 Å². The van der Waals surface area contributed by atoms with Crippen molar-refractivity contribution in [1.82, 2.24) is 14.7 Å². The van der Waals surface area contributed by atoms with Gasteiger partial charge >= 0.3 is 0 Å². The van der Waals surface area contributed by atoms with Crippen LogP contribution in [0.5, 0.6) is 0 Å². The summed E-state index contributed by atoms with van der Waals surface area (Å²) in [5.74, 6) is -0.0218. The van der Waals surface area contributed by atoms with E-state index in [0.717, 1.165) is 50.3 Å². The summed E-state index contributed by atoms with van der Waals surface area (Å²) in [6, 6.07) is 6.23. The normalized spacial score (nSPS) is 17.8. The molecule has 2 aromatic rings. The fraction of sp³-hybridized carbons (Fsp3) is 0.550. The highest BCUT2D eigenvalue weighted by atomic mass is 19.1. The van der Waals surface area contributed by atoms with Crippen LogP contribution in [0, 0.1) is 25.6 Å². The molecule has 1 N–H and O–H groups in total. The van der Waals surface area contributed by atoms with Crippen LogP contribution >= 0.6 is 0 Å². The number of aliphatic hydroxyl groups is 1. The van der Waals surface area contributed by atoms with Gasteiger partial charge in [-0.15, -0.1) is 0 Å². The van der Waals surface area contributed by atoms with Gasteiger partial charge in [-0.3, -0.25) is 9.58 Å². The van der Waals surface area contributed by atoms with Crippen molar-refractivity contribution in [2.24, 2.45) is 5.92 Å². The van der Waals surface area contributed by atoms with Crippen LogP contribution in [0.25, 0.3) is 0 Å². The fourth-order valence-corrected chi connectivity index (χ4v) is 3.85. The Hall–Kier alpha value is -1.72. The van der Waals surface area contributed by atoms with Gasteiger partial charge < -0.3 is 5.11 Å². The molecule has 0 radical (unpaired) electrons. The van der Waals surface area contributed by atoms with Gasteiger partial charge in [0.05, 0.1) is 11.8 Å². The van der Waals surface area contributed by atoms with Crippen LogP contribution in [-0.4, -0.2) is 32.9 Å². The summed E-state index contributed by atoms with van der Waals surface area (Å²) in [6.07, 6.45) is 1.41. The molecule has 3 rings (SSSR count). The highest BCUT2D eigenvalue weighted by Crippen LogP contribution is 2.31. The maximum Gasteiger partial charge on any atom is 0.123 e. The van der Waals surface area contributed by atoms with Crippen molar-refractivity contribution in [2.75, 3.05) is 13.1 Å². The molecule has 1 fully saturated rings. The number of aliphatic hydroxyl groups excluding tert-OH is 1. The molecule has 0 bridgehead atoms. The zero-order chi connectivity index (χ0) is 18.0. The number of aryl methyl sites for hydroxylation is 2. The standard InChI is InChI=1S/C20H28FN3O/c1-4-24-15(3)19(14(2)22-24)13-23-11-9-17(10-12-23)20(25)16-5-7-18(21)8-6-16/h5-8,17,20,25H,4,9-13H2,1-3H3. The first-order valence-electron chi connectivity index (χ1n) is 9.18. The summed E-state index contributed by atoms with van der Waals surface area (Å²) in [4.78, 5) is 2.45. The number of hydrogen-bond donors (Lipinski definition) is 1. The Morgan fingerprint density at radius 1 is 1.20 bits per heavy atom. The second-order valence-corrected chi connectivity index (χ2v) is 7.08. The summed E-state index contributed by atoms with van der Waals surface area (Å²) in [6.45, 7) is 10.1. The molecule has 1 atom stereocenters. The summed E-state index contributed by atoms with van der Waals surface area (Å²) in [7, 11) is 0. The molecule has 0 spiro atoms. The third kappa shape index (κ3) is 3.93. The lowest BCUT2D eigenvalue weighted by Crippen LogP contribution is -2.35. The molecule has 1 aliphatic rings. The van der Waals surface area contributed by atoms with Gasteiger partial charge in [-0.25, -0.2) is 4.39 Å². The molecule has 25 heavy (non-hydrogen) atoms. The molecule has 0 saturated carbocycles. The number of aromatic nitrogens is 2. The monoisotopic (exact) mass is 345 g/mol. The van der Waals surface area contributed by atoms with Crippen LogP contribution in [0.1, 0.15) is 48.4 Å². The second-order valence-electron chi connectivity index (χ2n) is 7.08. The minimum Gasteiger partial charge on any atom is -0.388 e. The van der Waals surface area contributed by atoms with Gasteiger partial charge in [-0.1, -0.05) is 12.1 Å². The zero-order valence-electron chi connectivity index (χ0n) is 15.4. The quantitative estimate of drug-likeness (QED) is 0.900. The molecule has 1 aromatic carbocycles. The van der Waals surface area contributed by atoms with Gasteiger partial charge in [-0.2, -0.15) is 5.10 Å². The van der Waals surface area contributed by atoms with Crippen LogP contribution in [0.3, 0.4) is 0 Å². The van der Waals surface area contributed by atoms with Crippen LogP contribution in [0.2, 0.25) is 0 Å². The van der Waals surface area contributed by atoms with Gasteiger partial charge in [0.1, 0.15) is 5.82 Å². The molecule has 0 aliphatic carbocycles. The van der Waals surface area contributed by atoms with Crippen molar-refractivity contribution < 1.29 is 9.50 Å². The number of halogens is 1. The Morgan fingerprint density at radius 3 is 2.40 bits per heavy atom. The van der Waals surface area contributed by atoms with Crippen LogP contribution in [-0.2, 0) is 13.1 Å². The number of piperidine rings is 1. The molecule has 1 saturated heterocycles.